The van der Waals surface area contributed by atoms with Gasteiger partial charge in [-0.05, 0) is 43.0 Å². The number of hydrogen-bond donors (Lipinski definition) is 0. The van der Waals surface area contributed by atoms with Gasteiger partial charge in [-0.3, -0.25) is 0 Å². The Morgan fingerprint density at radius 3 is 2.64 bits per heavy atom. The van der Waals surface area contributed by atoms with Gasteiger partial charge in [0.25, 0.3) is 0 Å². The third kappa shape index (κ3) is 2.29. The van der Waals surface area contributed by atoms with E-state index in [2.05, 4.69) is 22.0 Å². The Morgan fingerprint density at radius 2 is 2.07 bits per heavy atom. The third-order valence-corrected chi connectivity index (χ3v) is 3.89. The van der Waals surface area contributed by atoms with E-state index in [-0.39, 0.29) is 0 Å². The Balaban J connectivity index is 3.14. The second-order valence-electron chi connectivity index (χ2n) is 3.24. The molecule has 3 heteroatoms. The molecule has 0 bridgehead atoms. The lowest BCUT2D eigenvalue weighted by Gasteiger charge is -2.10. The molecule has 0 unspecified atom stereocenters. The molecular formula is C11H11BrClN. The van der Waals surface area contributed by atoms with Gasteiger partial charge in [0.2, 0.25) is 0 Å². The Kier molecular flexibility index (Phi) is 3.97. The van der Waals surface area contributed by atoms with Crippen molar-refractivity contribution in [2.75, 3.05) is 0 Å². The van der Waals surface area contributed by atoms with E-state index in [1.54, 1.807) is 0 Å². The van der Waals surface area contributed by atoms with Gasteiger partial charge >= 0.3 is 0 Å². The third-order valence-electron chi connectivity index (χ3n) is 2.31. The maximum absolute atomic E-state index is 8.52. The molecule has 0 atom stereocenters. The summed E-state index contributed by atoms with van der Waals surface area (Å²) in [5, 5.41) is 9.28. The van der Waals surface area contributed by atoms with Gasteiger partial charge in [0.1, 0.15) is 0 Å². The Hall–Kier alpha value is -0.520. The number of hydrogen-bond acceptors (Lipinski definition) is 1. The van der Waals surface area contributed by atoms with Crippen LogP contribution in [0.15, 0.2) is 10.5 Å². The summed E-state index contributed by atoms with van der Waals surface area (Å²) in [6.45, 7) is 4.02. The van der Waals surface area contributed by atoms with E-state index in [4.69, 9.17) is 16.9 Å². The van der Waals surface area contributed by atoms with Crippen LogP contribution in [0.5, 0.6) is 0 Å². The van der Waals surface area contributed by atoms with Crippen LogP contribution in [0.3, 0.4) is 0 Å². The van der Waals surface area contributed by atoms with Crippen molar-refractivity contribution in [3.8, 4) is 6.07 Å². The lowest BCUT2D eigenvalue weighted by molar-refractivity contribution is 0.991. The van der Waals surface area contributed by atoms with Crippen LogP contribution in [0.25, 0.3) is 0 Å². The zero-order valence-electron chi connectivity index (χ0n) is 8.19. The van der Waals surface area contributed by atoms with Gasteiger partial charge in [-0.2, -0.15) is 5.26 Å². The molecule has 0 aliphatic heterocycles. The molecule has 0 saturated carbocycles. The van der Waals surface area contributed by atoms with Crippen molar-refractivity contribution in [1.29, 1.82) is 5.26 Å². The molecule has 0 heterocycles. The van der Waals surface area contributed by atoms with Crippen LogP contribution in [0.4, 0.5) is 0 Å². The standard InChI is InChI=1S/C11H11BrClN/c1-7-9(4-3-5-14)6-10(13)8(2)11(7)12/h6H,3-4H2,1-2H3. The van der Waals surface area contributed by atoms with E-state index < -0.39 is 0 Å². The second kappa shape index (κ2) is 4.82. The van der Waals surface area contributed by atoms with Crippen LogP contribution in [0.1, 0.15) is 23.1 Å². The first-order valence-electron chi connectivity index (χ1n) is 4.39. The normalized spacial score (nSPS) is 9.93. The topological polar surface area (TPSA) is 23.8 Å². The van der Waals surface area contributed by atoms with E-state index >= 15 is 0 Å². The fraction of sp³-hybridized carbons (Fsp3) is 0.364. The summed E-state index contributed by atoms with van der Waals surface area (Å²) < 4.78 is 1.05. The molecule has 0 spiro atoms. The zero-order valence-corrected chi connectivity index (χ0v) is 10.5. The number of halogens is 2. The van der Waals surface area contributed by atoms with Crippen LogP contribution >= 0.6 is 27.5 Å². The fourth-order valence-electron chi connectivity index (χ4n) is 1.35. The number of nitriles is 1. The number of nitrogens with zero attached hydrogens (tertiary/aromatic N) is 1. The number of rotatable bonds is 2. The lowest BCUT2D eigenvalue weighted by atomic mass is 10.0. The average Bonchev–Trinajstić information content (AvgIpc) is 2.18. The van der Waals surface area contributed by atoms with Crippen molar-refractivity contribution >= 4 is 27.5 Å². The lowest BCUT2D eigenvalue weighted by Crippen LogP contribution is -1.93. The quantitative estimate of drug-likeness (QED) is 0.792. The predicted molar refractivity (Wildman–Crippen MR) is 62.6 cm³/mol. The molecule has 1 aromatic carbocycles. The summed E-state index contributed by atoms with van der Waals surface area (Å²) in [6, 6.07) is 4.09. The number of aryl methyl sites for hydroxylation is 1. The van der Waals surface area contributed by atoms with Gasteiger partial charge in [0.15, 0.2) is 0 Å². The van der Waals surface area contributed by atoms with Gasteiger partial charge in [-0.1, -0.05) is 27.5 Å². The monoisotopic (exact) mass is 271 g/mol. The van der Waals surface area contributed by atoms with E-state index in [1.807, 2.05) is 19.9 Å². The molecule has 0 saturated heterocycles. The molecule has 1 aromatic rings. The smallest absolute Gasteiger partial charge is 0.0625 e. The van der Waals surface area contributed by atoms with Crippen LogP contribution in [0, 0.1) is 25.2 Å². The van der Waals surface area contributed by atoms with E-state index in [0.717, 1.165) is 27.0 Å². The SMILES string of the molecule is Cc1c(Cl)cc(CCC#N)c(C)c1Br. The largest absolute Gasteiger partial charge is 0.198 e. The van der Waals surface area contributed by atoms with Crippen molar-refractivity contribution in [1.82, 2.24) is 0 Å². The van der Waals surface area contributed by atoms with Crippen molar-refractivity contribution < 1.29 is 0 Å². The summed E-state index contributed by atoms with van der Waals surface area (Å²) in [6.07, 6.45) is 1.30. The van der Waals surface area contributed by atoms with E-state index in [0.29, 0.717) is 6.42 Å². The molecule has 0 aromatic heterocycles. The molecular weight excluding hydrogens is 261 g/mol. The van der Waals surface area contributed by atoms with Gasteiger partial charge in [-0.15, -0.1) is 0 Å². The van der Waals surface area contributed by atoms with Crippen molar-refractivity contribution in [3.05, 3.63) is 32.3 Å². The molecule has 74 valence electrons. The minimum atomic E-state index is 0.534. The highest BCUT2D eigenvalue weighted by Crippen LogP contribution is 2.30. The first kappa shape index (κ1) is 11.6. The van der Waals surface area contributed by atoms with E-state index in [1.165, 1.54) is 5.56 Å². The Morgan fingerprint density at radius 1 is 1.43 bits per heavy atom. The summed E-state index contributed by atoms with van der Waals surface area (Å²) in [7, 11) is 0. The van der Waals surface area contributed by atoms with Crippen LogP contribution in [-0.2, 0) is 6.42 Å². The molecule has 0 fully saturated rings. The maximum atomic E-state index is 8.52. The Labute approximate surface area is 97.8 Å². The predicted octanol–water partition coefficient (Wildman–Crippen LogP) is 4.18. The van der Waals surface area contributed by atoms with Crippen LogP contribution < -0.4 is 0 Å². The van der Waals surface area contributed by atoms with E-state index in [9.17, 15) is 0 Å². The molecule has 0 radical (unpaired) electrons. The molecule has 0 aliphatic carbocycles. The number of benzene rings is 1. The highest BCUT2D eigenvalue weighted by Gasteiger charge is 2.08. The summed E-state index contributed by atoms with van der Waals surface area (Å²) in [5.74, 6) is 0. The summed E-state index contributed by atoms with van der Waals surface area (Å²) >= 11 is 9.56. The molecule has 0 amide bonds. The Bertz CT molecular complexity index is 393. The van der Waals surface area contributed by atoms with Crippen molar-refractivity contribution in [2.45, 2.75) is 26.7 Å². The zero-order chi connectivity index (χ0) is 10.7. The van der Waals surface area contributed by atoms with Crippen LogP contribution in [0.2, 0.25) is 5.02 Å². The molecule has 0 N–H and O–H groups in total. The molecule has 1 rings (SSSR count). The molecule has 14 heavy (non-hydrogen) atoms. The average molecular weight is 273 g/mol. The van der Waals surface area contributed by atoms with Crippen molar-refractivity contribution in [3.63, 3.8) is 0 Å². The minimum absolute atomic E-state index is 0.534. The van der Waals surface area contributed by atoms with Gasteiger partial charge in [0.05, 0.1) is 6.07 Å². The summed E-state index contributed by atoms with van der Waals surface area (Å²) in [4.78, 5) is 0. The minimum Gasteiger partial charge on any atom is -0.198 e. The van der Waals surface area contributed by atoms with Gasteiger partial charge < -0.3 is 0 Å². The molecule has 1 nitrogen and oxygen atoms in total. The first-order chi connectivity index (χ1) is 6.57. The fourth-order valence-corrected chi connectivity index (χ4v) is 2.16. The first-order valence-corrected chi connectivity index (χ1v) is 5.56. The van der Waals surface area contributed by atoms with Crippen LogP contribution in [-0.4, -0.2) is 0 Å². The highest BCUT2D eigenvalue weighted by molar-refractivity contribution is 9.10. The highest BCUT2D eigenvalue weighted by atomic mass is 79.9. The maximum Gasteiger partial charge on any atom is 0.0625 e. The molecule has 0 aliphatic rings. The van der Waals surface area contributed by atoms with Gasteiger partial charge in [0, 0.05) is 15.9 Å². The second-order valence-corrected chi connectivity index (χ2v) is 4.44. The summed E-state index contributed by atoms with van der Waals surface area (Å²) in [5.41, 5.74) is 3.39. The van der Waals surface area contributed by atoms with Crippen molar-refractivity contribution in [2.24, 2.45) is 0 Å². The van der Waals surface area contributed by atoms with Gasteiger partial charge in [-0.25, -0.2) is 0 Å².